The smallest absolute Gasteiger partial charge is 0.255 e. The van der Waals surface area contributed by atoms with Crippen molar-refractivity contribution < 1.29 is 9.53 Å². The van der Waals surface area contributed by atoms with Crippen LogP contribution in [-0.2, 0) is 4.79 Å². The highest BCUT2D eigenvalue weighted by Gasteiger charge is 2.34. The number of fused-ring (bicyclic) bond motifs is 1. The Morgan fingerprint density at radius 3 is 2.72 bits per heavy atom. The molecule has 2 N–H and O–H groups in total. The molecule has 8 heteroatoms. The molecule has 1 aliphatic heterocycles. The van der Waals surface area contributed by atoms with Gasteiger partial charge in [-0.1, -0.05) is 56.3 Å². The van der Waals surface area contributed by atoms with Gasteiger partial charge in [-0.3, -0.25) is 4.79 Å². The monoisotopic (exact) mass is 505 g/mol. The molecule has 36 heavy (non-hydrogen) atoms. The van der Waals surface area contributed by atoms with Gasteiger partial charge in [0, 0.05) is 17.1 Å². The minimum absolute atomic E-state index is 0.167. The normalized spacial score (nSPS) is 14.9. The number of carbonyl (C=O) groups is 1. The lowest BCUT2D eigenvalue weighted by molar-refractivity contribution is -0.113. The molecule has 0 radical (unpaired) electrons. The summed E-state index contributed by atoms with van der Waals surface area (Å²) < 4.78 is 7.82. The van der Waals surface area contributed by atoms with Crippen LogP contribution in [0.5, 0.6) is 5.75 Å². The number of nitrogens with zero attached hydrogens (tertiary/aromatic N) is 3. The van der Waals surface area contributed by atoms with Crippen LogP contribution in [0.2, 0.25) is 0 Å². The van der Waals surface area contributed by atoms with E-state index in [2.05, 4.69) is 24.5 Å². The van der Waals surface area contributed by atoms with Crippen molar-refractivity contribution in [3.63, 3.8) is 0 Å². The van der Waals surface area contributed by atoms with E-state index in [1.54, 1.807) is 11.8 Å². The van der Waals surface area contributed by atoms with Gasteiger partial charge in [-0.05, 0) is 68.5 Å². The van der Waals surface area contributed by atoms with E-state index in [0.29, 0.717) is 23.3 Å². The molecule has 1 amide bonds. The highest BCUT2D eigenvalue weighted by Crippen LogP contribution is 2.38. The van der Waals surface area contributed by atoms with Crippen molar-refractivity contribution >= 4 is 29.3 Å². The van der Waals surface area contributed by atoms with Crippen LogP contribution in [0.4, 0.5) is 11.6 Å². The maximum absolute atomic E-state index is 13.8. The first-order valence-corrected chi connectivity index (χ1v) is 13.6. The molecule has 0 spiro atoms. The van der Waals surface area contributed by atoms with Crippen LogP contribution in [-0.4, -0.2) is 33.0 Å². The van der Waals surface area contributed by atoms with Crippen LogP contribution in [0.1, 0.15) is 62.8 Å². The van der Waals surface area contributed by atoms with Crippen LogP contribution >= 0.6 is 11.8 Å². The number of unbranched alkanes of at least 4 members (excludes halogenated alkanes) is 1. The minimum atomic E-state index is -0.440. The lowest BCUT2D eigenvalue weighted by Gasteiger charge is -2.29. The molecule has 0 saturated carbocycles. The van der Waals surface area contributed by atoms with E-state index < -0.39 is 6.04 Å². The predicted molar refractivity (Wildman–Crippen MR) is 147 cm³/mol. The molecule has 2 aromatic carbocycles. The summed E-state index contributed by atoms with van der Waals surface area (Å²) in [4.78, 5) is 18.5. The highest BCUT2D eigenvalue weighted by atomic mass is 32.2. The summed E-state index contributed by atoms with van der Waals surface area (Å²) >= 11 is 1.62. The molecule has 0 fully saturated rings. The van der Waals surface area contributed by atoms with E-state index in [4.69, 9.17) is 14.8 Å². The average molecular weight is 506 g/mol. The molecule has 0 saturated heterocycles. The number of anilines is 2. The molecular formula is C28H35N5O2S. The van der Waals surface area contributed by atoms with Crippen molar-refractivity contribution in [3.05, 3.63) is 70.4 Å². The molecule has 1 unspecified atom stereocenters. The fourth-order valence-corrected chi connectivity index (χ4v) is 4.86. The van der Waals surface area contributed by atoms with Crippen LogP contribution < -0.4 is 15.4 Å². The largest absolute Gasteiger partial charge is 0.494 e. The summed E-state index contributed by atoms with van der Waals surface area (Å²) in [5, 5.41) is 12.0. The topological polar surface area (TPSA) is 81.1 Å². The average Bonchev–Trinajstić information content (AvgIpc) is 3.27. The quantitative estimate of drug-likeness (QED) is 0.242. The number of allylic oxidation sites excluding steroid dienone is 1. The summed E-state index contributed by atoms with van der Waals surface area (Å²) in [5.41, 5.74) is 5.27. The van der Waals surface area contributed by atoms with E-state index in [1.165, 1.54) is 0 Å². The van der Waals surface area contributed by atoms with Gasteiger partial charge in [0.2, 0.25) is 11.1 Å². The molecule has 1 aromatic heterocycles. The summed E-state index contributed by atoms with van der Waals surface area (Å²) in [6.07, 6.45) is 3.09. The number of carbonyl (C=O) groups excluding carboxylic acids is 1. The Bertz CT molecular complexity index is 1270. The SMILES string of the molecule is CCCCOc1cccc(C2C(C(=O)Nc3cccc(C)c3C)=C(C)Nc3nc(SCCC)nn32)c1. The van der Waals surface area contributed by atoms with Gasteiger partial charge in [-0.25, -0.2) is 4.68 Å². The van der Waals surface area contributed by atoms with Gasteiger partial charge in [-0.15, -0.1) is 5.10 Å². The summed E-state index contributed by atoms with van der Waals surface area (Å²) in [6.45, 7) is 10.9. The molecule has 2 heterocycles. The zero-order valence-electron chi connectivity index (χ0n) is 21.7. The van der Waals surface area contributed by atoms with Crippen molar-refractivity contribution in [1.82, 2.24) is 14.8 Å². The second-order valence-corrected chi connectivity index (χ2v) is 10.1. The van der Waals surface area contributed by atoms with Crippen molar-refractivity contribution in [1.29, 1.82) is 0 Å². The van der Waals surface area contributed by atoms with E-state index >= 15 is 0 Å². The lowest BCUT2D eigenvalue weighted by atomic mass is 9.94. The molecule has 4 rings (SSSR count). The standard InChI is InChI=1S/C28H35N5O2S/c1-6-8-15-35-22-13-10-12-21(17-22)25-24(26(34)30-23-14-9-11-18(3)19(23)4)20(5)29-27-31-28(32-33(25)27)36-16-7-2/h9-14,17,25H,6-8,15-16H2,1-5H3,(H,30,34)(H,29,31,32). The fraction of sp³-hybridized carbons (Fsp3) is 0.393. The summed E-state index contributed by atoms with van der Waals surface area (Å²) in [7, 11) is 0. The first-order chi connectivity index (χ1) is 17.4. The Hall–Kier alpha value is -3.26. The molecule has 0 aliphatic carbocycles. The number of hydrogen-bond donors (Lipinski definition) is 2. The van der Waals surface area contributed by atoms with Crippen LogP contribution in [0.15, 0.2) is 58.9 Å². The van der Waals surface area contributed by atoms with Gasteiger partial charge in [0.05, 0.1) is 12.2 Å². The number of nitrogens with one attached hydrogen (secondary N) is 2. The van der Waals surface area contributed by atoms with Gasteiger partial charge in [-0.2, -0.15) is 4.98 Å². The number of aryl methyl sites for hydroxylation is 1. The van der Waals surface area contributed by atoms with Gasteiger partial charge in [0.15, 0.2) is 0 Å². The first kappa shape index (κ1) is 25.8. The zero-order valence-corrected chi connectivity index (χ0v) is 22.5. The van der Waals surface area contributed by atoms with Crippen LogP contribution in [0.25, 0.3) is 0 Å². The van der Waals surface area contributed by atoms with Crippen LogP contribution in [0, 0.1) is 13.8 Å². The van der Waals surface area contributed by atoms with E-state index in [1.807, 2.05) is 67.9 Å². The van der Waals surface area contributed by atoms with Gasteiger partial charge < -0.3 is 15.4 Å². The molecule has 1 atom stereocenters. The van der Waals surface area contributed by atoms with E-state index in [-0.39, 0.29) is 5.91 Å². The molecule has 190 valence electrons. The number of amides is 1. The van der Waals surface area contributed by atoms with Crippen LogP contribution in [0.3, 0.4) is 0 Å². The number of hydrogen-bond acceptors (Lipinski definition) is 6. The Morgan fingerprint density at radius 2 is 1.94 bits per heavy atom. The molecular weight excluding hydrogens is 470 g/mol. The molecule has 7 nitrogen and oxygen atoms in total. The maximum atomic E-state index is 13.8. The van der Waals surface area contributed by atoms with Gasteiger partial charge in [0.25, 0.3) is 5.91 Å². The summed E-state index contributed by atoms with van der Waals surface area (Å²) in [5.74, 6) is 2.19. The Labute approximate surface area is 217 Å². The third kappa shape index (κ3) is 5.59. The second kappa shape index (κ2) is 11.6. The summed E-state index contributed by atoms with van der Waals surface area (Å²) in [6, 6.07) is 13.4. The van der Waals surface area contributed by atoms with Crippen molar-refractivity contribution in [2.75, 3.05) is 23.0 Å². The predicted octanol–water partition coefficient (Wildman–Crippen LogP) is 6.50. The number of ether oxygens (including phenoxy) is 1. The Morgan fingerprint density at radius 1 is 1.14 bits per heavy atom. The maximum Gasteiger partial charge on any atom is 0.255 e. The van der Waals surface area contributed by atoms with Crippen molar-refractivity contribution in [2.45, 2.75) is 65.1 Å². The second-order valence-electron chi connectivity index (χ2n) is 9.05. The number of rotatable bonds is 10. The minimum Gasteiger partial charge on any atom is -0.494 e. The number of benzene rings is 2. The number of aromatic nitrogens is 3. The van der Waals surface area contributed by atoms with Crippen molar-refractivity contribution in [3.8, 4) is 5.75 Å². The third-order valence-corrected chi connectivity index (χ3v) is 7.35. The molecule has 3 aromatic rings. The highest BCUT2D eigenvalue weighted by molar-refractivity contribution is 7.99. The zero-order chi connectivity index (χ0) is 25.7. The lowest BCUT2D eigenvalue weighted by Crippen LogP contribution is -2.31. The first-order valence-electron chi connectivity index (χ1n) is 12.6. The molecule has 0 bridgehead atoms. The Balaban J connectivity index is 1.74. The van der Waals surface area contributed by atoms with Crippen molar-refractivity contribution in [2.24, 2.45) is 0 Å². The fourth-order valence-electron chi connectivity index (χ4n) is 4.17. The van der Waals surface area contributed by atoms with Gasteiger partial charge in [0.1, 0.15) is 11.8 Å². The van der Waals surface area contributed by atoms with E-state index in [9.17, 15) is 4.79 Å². The third-order valence-electron chi connectivity index (χ3n) is 6.31. The molecule has 1 aliphatic rings. The number of thioether (sulfide) groups is 1. The van der Waals surface area contributed by atoms with E-state index in [0.717, 1.165) is 58.8 Å². The van der Waals surface area contributed by atoms with Gasteiger partial charge >= 0.3 is 0 Å². The Kier molecular flexibility index (Phi) is 8.36.